The van der Waals surface area contributed by atoms with Crippen LogP contribution in [0.2, 0.25) is 0 Å². The summed E-state index contributed by atoms with van der Waals surface area (Å²) in [5.74, 6) is 0.314. The summed E-state index contributed by atoms with van der Waals surface area (Å²) in [4.78, 5) is 25.7. The van der Waals surface area contributed by atoms with Gasteiger partial charge in [-0.05, 0) is 67.9 Å². The Hall–Kier alpha value is -2.88. The van der Waals surface area contributed by atoms with Crippen LogP contribution < -0.4 is 10.1 Å². The van der Waals surface area contributed by atoms with Crippen molar-refractivity contribution in [3.63, 3.8) is 0 Å². The van der Waals surface area contributed by atoms with Crippen molar-refractivity contribution < 1.29 is 14.3 Å². The van der Waals surface area contributed by atoms with Crippen molar-refractivity contribution in [1.29, 1.82) is 0 Å². The molecular weight excluding hydrogens is 362 g/mol. The standard InChI is InChI=1S/C25H27NO3/c1-18-14-20-8-5-13-25(15-18,16-20)23(27)24(28)26-21-9-11-22(12-10-21)29-17-19-6-3-2-4-7-19/h2-4,6-7,9-12,14,18H,5,8,13,15-17H2,1H3,(H,26,28). The van der Waals surface area contributed by atoms with Crippen LogP contribution in [0.4, 0.5) is 5.69 Å². The molecule has 2 aromatic carbocycles. The molecule has 4 rings (SSSR count). The lowest BCUT2D eigenvalue weighted by Gasteiger charge is -2.41. The lowest BCUT2D eigenvalue weighted by atomic mass is 9.61. The third-order valence-corrected chi connectivity index (χ3v) is 6.00. The Labute approximate surface area is 172 Å². The Kier molecular flexibility index (Phi) is 5.52. The van der Waals surface area contributed by atoms with E-state index in [9.17, 15) is 9.59 Å². The van der Waals surface area contributed by atoms with Crippen molar-refractivity contribution in [1.82, 2.24) is 0 Å². The Morgan fingerprint density at radius 2 is 1.86 bits per heavy atom. The highest BCUT2D eigenvalue weighted by Crippen LogP contribution is 2.48. The molecule has 4 nitrogen and oxygen atoms in total. The molecule has 0 heterocycles. The molecule has 0 radical (unpaired) electrons. The molecule has 2 unspecified atom stereocenters. The Bertz CT molecular complexity index is 917. The van der Waals surface area contributed by atoms with Crippen molar-refractivity contribution in [2.45, 2.75) is 45.6 Å². The number of Topliss-reactive ketones (excluding diaryl/α,β-unsaturated/α-hetero) is 1. The van der Waals surface area contributed by atoms with Crippen LogP contribution in [-0.4, -0.2) is 11.7 Å². The number of carbonyl (C=O) groups excluding carboxylic acids is 2. The van der Waals surface area contributed by atoms with Crippen LogP contribution in [0.1, 0.15) is 44.6 Å². The number of hydrogen-bond acceptors (Lipinski definition) is 3. The number of ether oxygens (including phenoxy) is 1. The van der Waals surface area contributed by atoms with Gasteiger partial charge in [0, 0.05) is 11.1 Å². The summed E-state index contributed by atoms with van der Waals surface area (Å²) in [7, 11) is 0. The van der Waals surface area contributed by atoms with Gasteiger partial charge in [-0.2, -0.15) is 0 Å². The highest BCUT2D eigenvalue weighted by Gasteiger charge is 2.46. The van der Waals surface area contributed by atoms with E-state index in [1.54, 1.807) is 12.1 Å². The molecule has 1 fully saturated rings. The SMILES string of the molecule is CC1C=C2CCCC(C(=O)C(=O)Nc3ccc(OCc4ccccc4)cc3)(C2)C1. The number of fused-ring (bicyclic) bond motifs is 2. The maximum atomic E-state index is 13.0. The Morgan fingerprint density at radius 1 is 1.10 bits per heavy atom. The van der Waals surface area contributed by atoms with Gasteiger partial charge < -0.3 is 10.1 Å². The first kappa shape index (κ1) is 19.4. The molecule has 1 amide bonds. The van der Waals surface area contributed by atoms with E-state index in [1.807, 2.05) is 42.5 Å². The van der Waals surface area contributed by atoms with Crippen molar-refractivity contribution >= 4 is 17.4 Å². The van der Waals surface area contributed by atoms with Gasteiger partial charge in [0.15, 0.2) is 0 Å². The highest BCUT2D eigenvalue weighted by atomic mass is 16.5. The maximum Gasteiger partial charge on any atom is 0.292 e. The van der Waals surface area contributed by atoms with Crippen LogP contribution >= 0.6 is 0 Å². The van der Waals surface area contributed by atoms with Crippen LogP contribution in [0.15, 0.2) is 66.2 Å². The summed E-state index contributed by atoms with van der Waals surface area (Å²) >= 11 is 0. The number of nitrogens with one attached hydrogen (secondary N) is 1. The van der Waals surface area contributed by atoms with Crippen LogP contribution in [-0.2, 0) is 16.2 Å². The molecule has 2 aromatic rings. The van der Waals surface area contributed by atoms with Crippen molar-refractivity contribution in [2.75, 3.05) is 5.32 Å². The van der Waals surface area contributed by atoms with Gasteiger partial charge in [0.2, 0.25) is 5.78 Å². The van der Waals surface area contributed by atoms with Gasteiger partial charge in [-0.3, -0.25) is 9.59 Å². The molecule has 29 heavy (non-hydrogen) atoms. The third kappa shape index (κ3) is 4.42. The molecule has 1 saturated carbocycles. The van der Waals surface area contributed by atoms with E-state index in [0.29, 0.717) is 18.2 Å². The second-order valence-electron chi connectivity index (χ2n) is 8.40. The molecule has 0 aromatic heterocycles. The molecule has 1 N–H and O–H groups in total. The van der Waals surface area contributed by atoms with Crippen LogP contribution in [0.25, 0.3) is 0 Å². The van der Waals surface area contributed by atoms with Crippen molar-refractivity contribution in [2.24, 2.45) is 11.3 Å². The molecule has 150 valence electrons. The normalized spacial score (nSPS) is 23.1. The second-order valence-corrected chi connectivity index (χ2v) is 8.40. The molecule has 0 saturated heterocycles. The minimum atomic E-state index is -0.509. The number of benzene rings is 2. The molecule has 4 heteroatoms. The zero-order chi connectivity index (χ0) is 20.3. The monoisotopic (exact) mass is 389 g/mol. The molecule has 2 aliphatic carbocycles. The van der Waals surface area contributed by atoms with Gasteiger partial charge in [0.1, 0.15) is 12.4 Å². The minimum absolute atomic E-state index is 0.265. The fourth-order valence-electron chi connectivity index (χ4n) is 4.75. The lowest BCUT2D eigenvalue weighted by molar-refractivity contribution is -0.143. The van der Waals surface area contributed by atoms with E-state index in [2.05, 4.69) is 18.3 Å². The van der Waals surface area contributed by atoms with Gasteiger partial charge in [-0.15, -0.1) is 0 Å². The quantitative estimate of drug-likeness (QED) is 0.539. The first-order valence-corrected chi connectivity index (χ1v) is 10.4. The Morgan fingerprint density at radius 3 is 2.62 bits per heavy atom. The van der Waals surface area contributed by atoms with E-state index < -0.39 is 11.3 Å². The predicted molar refractivity (Wildman–Crippen MR) is 114 cm³/mol. The summed E-state index contributed by atoms with van der Waals surface area (Å²) in [6.45, 7) is 2.63. The number of amides is 1. The highest BCUT2D eigenvalue weighted by molar-refractivity contribution is 6.42. The molecule has 0 aliphatic heterocycles. The number of carbonyl (C=O) groups is 2. The first-order valence-electron chi connectivity index (χ1n) is 10.4. The van der Waals surface area contributed by atoms with E-state index in [-0.39, 0.29) is 5.78 Å². The van der Waals surface area contributed by atoms with E-state index >= 15 is 0 Å². The Balaban J connectivity index is 1.37. The molecule has 2 atom stereocenters. The van der Waals surface area contributed by atoms with Crippen LogP contribution in [0, 0.1) is 11.3 Å². The first-order chi connectivity index (χ1) is 14.0. The van der Waals surface area contributed by atoms with Gasteiger partial charge in [0.05, 0.1) is 0 Å². The summed E-state index contributed by atoms with van der Waals surface area (Å²) in [5.41, 5.74) is 2.54. The van der Waals surface area contributed by atoms with Crippen molar-refractivity contribution in [3.05, 3.63) is 71.8 Å². The molecule has 0 spiro atoms. The summed E-state index contributed by atoms with van der Waals surface area (Å²) in [5, 5.41) is 2.79. The number of allylic oxidation sites excluding steroid dienone is 2. The van der Waals surface area contributed by atoms with Crippen LogP contribution in [0.5, 0.6) is 5.75 Å². The predicted octanol–water partition coefficient (Wildman–Crippen LogP) is 5.30. The fraction of sp³-hybridized carbons (Fsp3) is 0.360. The second kappa shape index (κ2) is 8.24. The van der Waals surface area contributed by atoms with E-state index in [1.165, 1.54) is 5.57 Å². The summed E-state index contributed by atoms with van der Waals surface area (Å²) < 4.78 is 5.77. The maximum absolute atomic E-state index is 13.0. The third-order valence-electron chi connectivity index (χ3n) is 6.00. The van der Waals surface area contributed by atoms with Gasteiger partial charge in [-0.1, -0.05) is 48.9 Å². The largest absolute Gasteiger partial charge is 0.489 e. The molecular formula is C25H27NO3. The topological polar surface area (TPSA) is 55.4 Å². The summed E-state index contributed by atoms with van der Waals surface area (Å²) in [6, 6.07) is 17.1. The summed E-state index contributed by atoms with van der Waals surface area (Å²) in [6.07, 6.45) is 6.67. The number of anilines is 1. The number of hydrogen-bond donors (Lipinski definition) is 1. The zero-order valence-electron chi connectivity index (χ0n) is 16.8. The average Bonchev–Trinajstić information content (AvgIpc) is 2.73. The molecule has 2 bridgehead atoms. The molecule has 2 aliphatic rings. The van der Waals surface area contributed by atoms with Gasteiger partial charge in [-0.25, -0.2) is 0 Å². The van der Waals surface area contributed by atoms with E-state index in [4.69, 9.17) is 4.74 Å². The van der Waals surface area contributed by atoms with Gasteiger partial charge >= 0.3 is 0 Å². The van der Waals surface area contributed by atoms with Gasteiger partial charge in [0.25, 0.3) is 5.91 Å². The minimum Gasteiger partial charge on any atom is -0.489 e. The fourth-order valence-corrected chi connectivity index (χ4v) is 4.75. The van der Waals surface area contributed by atoms with Crippen LogP contribution in [0.3, 0.4) is 0 Å². The lowest BCUT2D eigenvalue weighted by Crippen LogP contribution is -2.44. The average molecular weight is 389 g/mol. The zero-order valence-corrected chi connectivity index (χ0v) is 16.8. The number of ketones is 1. The number of rotatable bonds is 6. The smallest absolute Gasteiger partial charge is 0.292 e. The van der Waals surface area contributed by atoms with E-state index in [0.717, 1.165) is 43.4 Å². The van der Waals surface area contributed by atoms with Crippen molar-refractivity contribution in [3.8, 4) is 5.75 Å².